The smallest absolute Gasteiger partial charge is 0.475 e. The van der Waals surface area contributed by atoms with Crippen molar-refractivity contribution in [2.45, 2.75) is 94.5 Å². The van der Waals surface area contributed by atoms with E-state index >= 15 is 0 Å². The highest BCUT2D eigenvalue weighted by molar-refractivity contribution is 5.92. The van der Waals surface area contributed by atoms with Crippen molar-refractivity contribution in [3.8, 4) is 0 Å². The number of aliphatic carboxylic acids is 1. The van der Waals surface area contributed by atoms with Crippen LogP contribution in [0, 0.1) is 5.92 Å². The second-order valence-electron chi connectivity index (χ2n) is 11.4. The molecule has 230 valence electrons. The maximum Gasteiger partial charge on any atom is 0.490 e. The van der Waals surface area contributed by atoms with E-state index in [2.05, 4.69) is 11.0 Å². The molecule has 5 N–H and O–H groups in total. The lowest BCUT2D eigenvalue weighted by molar-refractivity contribution is -0.192. The third-order valence-electron chi connectivity index (χ3n) is 8.60. The number of fused-ring (bicyclic) bond motifs is 2. The fourth-order valence-electron chi connectivity index (χ4n) is 6.52. The standard InChI is InChI=1S/C27H41N3O4.C2HF3O2/c28-26(33)21-8-4-7-20(15-21)22-16-23-9-10-24(17-22)30(23)13-12-29(27(34)25(32)11-14-31)18-19-5-2-1-3-6-19;3-2(4,5)1(6)7/h4,7-8,15,19,22-25,31-32H,1-3,5-6,9-14,16-18H2,(H2,28,33);(H,6,7)/t22?,23?,24?,25-;/m0./s1. The first-order valence-corrected chi connectivity index (χ1v) is 14.4. The molecule has 2 amide bonds. The van der Waals surface area contributed by atoms with E-state index in [1.165, 1.54) is 37.7 Å². The molecule has 0 aromatic heterocycles. The highest BCUT2D eigenvalue weighted by atomic mass is 19.4. The van der Waals surface area contributed by atoms with E-state index in [1.54, 1.807) is 6.07 Å². The number of aliphatic hydroxyl groups is 2. The summed E-state index contributed by atoms with van der Waals surface area (Å²) < 4.78 is 31.7. The summed E-state index contributed by atoms with van der Waals surface area (Å²) >= 11 is 0. The van der Waals surface area contributed by atoms with Crippen LogP contribution in [0.25, 0.3) is 0 Å². The maximum absolute atomic E-state index is 13.0. The van der Waals surface area contributed by atoms with Gasteiger partial charge >= 0.3 is 12.1 Å². The van der Waals surface area contributed by atoms with Crippen LogP contribution in [0.15, 0.2) is 24.3 Å². The Hall–Kier alpha value is -2.70. The molecule has 2 bridgehead atoms. The zero-order valence-electron chi connectivity index (χ0n) is 23.3. The largest absolute Gasteiger partial charge is 0.490 e. The summed E-state index contributed by atoms with van der Waals surface area (Å²) in [5.74, 6) is -2.43. The van der Waals surface area contributed by atoms with E-state index < -0.39 is 18.2 Å². The van der Waals surface area contributed by atoms with E-state index in [0.717, 1.165) is 32.2 Å². The van der Waals surface area contributed by atoms with E-state index in [0.29, 0.717) is 42.6 Å². The number of alkyl halides is 3. The Morgan fingerprint density at radius 3 is 2.20 bits per heavy atom. The van der Waals surface area contributed by atoms with Crippen LogP contribution in [0.5, 0.6) is 0 Å². The van der Waals surface area contributed by atoms with Gasteiger partial charge in [0.1, 0.15) is 6.10 Å². The Kier molecular flexibility index (Phi) is 12.0. The van der Waals surface area contributed by atoms with Gasteiger partial charge in [0.15, 0.2) is 0 Å². The number of carbonyl (C=O) groups is 3. The minimum absolute atomic E-state index is 0.0982. The number of hydrogen-bond acceptors (Lipinski definition) is 6. The number of carbonyl (C=O) groups excluding carboxylic acids is 2. The van der Waals surface area contributed by atoms with Crippen molar-refractivity contribution >= 4 is 17.8 Å². The normalized spacial score (nSPS) is 23.8. The summed E-state index contributed by atoms with van der Waals surface area (Å²) in [7, 11) is 0. The number of carboxylic acid groups (broad SMARTS) is 1. The van der Waals surface area contributed by atoms with Crippen LogP contribution in [0.3, 0.4) is 0 Å². The summed E-state index contributed by atoms with van der Waals surface area (Å²) in [6, 6.07) is 8.73. The Labute approximate surface area is 238 Å². The minimum Gasteiger partial charge on any atom is -0.475 e. The number of piperidine rings is 1. The first kappa shape index (κ1) is 32.8. The van der Waals surface area contributed by atoms with Gasteiger partial charge in [0.25, 0.3) is 5.91 Å². The van der Waals surface area contributed by atoms with Gasteiger partial charge in [-0.3, -0.25) is 14.5 Å². The third-order valence-corrected chi connectivity index (χ3v) is 8.60. The fraction of sp³-hybridized carbons (Fsp3) is 0.690. The van der Waals surface area contributed by atoms with Crippen LogP contribution in [-0.2, 0) is 9.59 Å². The van der Waals surface area contributed by atoms with Crippen LogP contribution < -0.4 is 5.73 Å². The lowest BCUT2D eigenvalue weighted by Crippen LogP contribution is -2.49. The Bertz CT molecular complexity index is 1020. The molecule has 2 heterocycles. The zero-order chi connectivity index (χ0) is 30.2. The maximum atomic E-state index is 13.0. The van der Waals surface area contributed by atoms with Gasteiger partial charge < -0.3 is 26.0 Å². The zero-order valence-corrected chi connectivity index (χ0v) is 23.3. The SMILES string of the molecule is NC(=O)c1cccc(C2CC3CCC(C2)N3CCN(CC2CCCCC2)C(=O)[C@@H](O)CCO)c1.O=C(O)C(F)(F)F. The van der Waals surface area contributed by atoms with Crippen LogP contribution in [0.1, 0.15) is 86.0 Å². The number of primary amides is 1. The number of rotatable bonds is 10. The van der Waals surface area contributed by atoms with E-state index in [-0.39, 0.29) is 24.8 Å². The number of nitrogens with zero attached hydrogens (tertiary/aromatic N) is 2. The number of halogens is 3. The van der Waals surface area contributed by atoms with Gasteiger partial charge in [-0.2, -0.15) is 13.2 Å². The first-order valence-electron chi connectivity index (χ1n) is 14.4. The van der Waals surface area contributed by atoms with Crippen molar-refractivity contribution in [3.63, 3.8) is 0 Å². The van der Waals surface area contributed by atoms with Gasteiger partial charge in [-0.1, -0.05) is 31.4 Å². The van der Waals surface area contributed by atoms with Gasteiger partial charge in [-0.15, -0.1) is 0 Å². The molecule has 2 saturated heterocycles. The van der Waals surface area contributed by atoms with Crippen molar-refractivity contribution in [3.05, 3.63) is 35.4 Å². The second-order valence-corrected chi connectivity index (χ2v) is 11.4. The van der Waals surface area contributed by atoms with Gasteiger partial charge in [0, 0.05) is 50.3 Å². The summed E-state index contributed by atoms with van der Waals surface area (Å²) in [6.45, 7) is 1.99. The quantitative estimate of drug-likeness (QED) is 0.330. The molecule has 1 aromatic carbocycles. The molecule has 0 radical (unpaired) electrons. The van der Waals surface area contributed by atoms with Gasteiger partial charge in [0.2, 0.25) is 5.91 Å². The molecule has 1 aromatic rings. The first-order chi connectivity index (χ1) is 19.4. The highest BCUT2D eigenvalue weighted by Gasteiger charge is 2.41. The van der Waals surface area contributed by atoms with Crippen molar-refractivity contribution in [2.75, 3.05) is 26.2 Å². The molecule has 3 aliphatic rings. The van der Waals surface area contributed by atoms with Gasteiger partial charge in [-0.05, 0) is 68.1 Å². The lowest BCUT2D eigenvalue weighted by atomic mass is 9.84. The lowest BCUT2D eigenvalue weighted by Gasteiger charge is -2.41. The molecule has 1 saturated carbocycles. The van der Waals surface area contributed by atoms with Crippen molar-refractivity contribution in [1.29, 1.82) is 0 Å². The van der Waals surface area contributed by atoms with E-state index in [9.17, 15) is 33.0 Å². The third kappa shape index (κ3) is 9.40. The Balaban J connectivity index is 0.000000587. The summed E-state index contributed by atoms with van der Waals surface area (Å²) in [5.41, 5.74) is 7.27. The Morgan fingerprint density at radius 1 is 1.05 bits per heavy atom. The number of amides is 2. The van der Waals surface area contributed by atoms with Crippen LogP contribution in [0.4, 0.5) is 13.2 Å². The second kappa shape index (κ2) is 15.0. The monoisotopic (exact) mass is 585 g/mol. The molecule has 1 aliphatic carbocycles. The molecule has 2 unspecified atom stereocenters. The molecule has 3 fully saturated rings. The molecule has 4 rings (SSSR count). The number of benzene rings is 1. The van der Waals surface area contributed by atoms with Crippen molar-refractivity contribution < 1.29 is 42.9 Å². The molecular formula is C29H42F3N3O6. The molecule has 12 heteroatoms. The van der Waals surface area contributed by atoms with Crippen LogP contribution in [0.2, 0.25) is 0 Å². The average molecular weight is 586 g/mol. The van der Waals surface area contributed by atoms with E-state index in [1.807, 2.05) is 17.0 Å². The molecule has 0 spiro atoms. The van der Waals surface area contributed by atoms with Crippen LogP contribution in [-0.4, -0.2) is 93.5 Å². The predicted octanol–water partition coefficient (Wildman–Crippen LogP) is 3.28. The number of carboxylic acids is 1. The molecule has 3 atom stereocenters. The summed E-state index contributed by atoms with van der Waals surface area (Å²) in [4.78, 5) is 38.0. The van der Waals surface area contributed by atoms with Gasteiger partial charge in [0.05, 0.1) is 0 Å². The molecular weight excluding hydrogens is 543 g/mol. The topological polar surface area (TPSA) is 144 Å². The number of hydrogen-bond donors (Lipinski definition) is 4. The van der Waals surface area contributed by atoms with Crippen molar-refractivity contribution in [1.82, 2.24) is 9.80 Å². The minimum atomic E-state index is -5.08. The number of aliphatic hydroxyl groups excluding tert-OH is 2. The molecule has 2 aliphatic heterocycles. The van der Waals surface area contributed by atoms with Crippen LogP contribution >= 0.6 is 0 Å². The summed E-state index contributed by atoms with van der Waals surface area (Å²) in [6.07, 6.45) is 4.38. The Morgan fingerprint density at radius 2 is 1.66 bits per heavy atom. The molecule has 9 nitrogen and oxygen atoms in total. The fourth-order valence-corrected chi connectivity index (χ4v) is 6.52. The van der Waals surface area contributed by atoms with E-state index in [4.69, 9.17) is 15.6 Å². The molecule has 41 heavy (non-hydrogen) atoms. The van der Waals surface area contributed by atoms with Crippen molar-refractivity contribution in [2.24, 2.45) is 11.7 Å². The van der Waals surface area contributed by atoms with Gasteiger partial charge in [-0.25, -0.2) is 4.79 Å². The highest BCUT2D eigenvalue weighted by Crippen LogP contribution is 2.43. The average Bonchev–Trinajstić information content (AvgIpc) is 3.17. The summed E-state index contributed by atoms with van der Waals surface area (Å²) in [5, 5.41) is 26.6. The number of nitrogens with two attached hydrogens (primary N) is 1. The predicted molar refractivity (Wildman–Crippen MR) is 145 cm³/mol.